The van der Waals surface area contributed by atoms with Crippen LogP contribution in [0.1, 0.15) is 5.69 Å². The van der Waals surface area contributed by atoms with E-state index in [0.717, 1.165) is 0 Å². The zero-order valence-electron chi connectivity index (χ0n) is 8.40. The van der Waals surface area contributed by atoms with Gasteiger partial charge in [-0.05, 0) is 12.1 Å². The summed E-state index contributed by atoms with van der Waals surface area (Å²) in [4.78, 5) is 19.1. The van der Waals surface area contributed by atoms with Gasteiger partial charge in [0, 0.05) is 6.20 Å². The first kappa shape index (κ1) is 12.4. The number of rotatable bonds is 2. The third-order valence-electron chi connectivity index (χ3n) is 2.03. The molecule has 0 bridgehead atoms. The van der Waals surface area contributed by atoms with Gasteiger partial charge in [0.05, 0.1) is 28.5 Å². The standard InChI is InChI=1S/C10H6Cl3N3O/c11-6-3-14-10(17)16(4-6)5-8-7(12)1-2-9(13)15-8/h1-4H,5H2. The molecule has 0 saturated heterocycles. The van der Waals surface area contributed by atoms with Crippen LogP contribution < -0.4 is 5.69 Å². The highest BCUT2D eigenvalue weighted by Gasteiger charge is 2.06. The maximum atomic E-state index is 11.5. The zero-order chi connectivity index (χ0) is 12.4. The lowest BCUT2D eigenvalue weighted by Gasteiger charge is -2.06. The third kappa shape index (κ3) is 2.97. The molecule has 0 N–H and O–H groups in total. The normalized spacial score (nSPS) is 10.5. The third-order valence-corrected chi connectivity index (χ3v) is 2.78. The summed E-state index contributed by atoms with van der Waals surface area (Å²) >= 11 is 17.5. The fourth-order valence-electron chi connectivity index (χ4n) is 1.27. The van der Waals surface area contributed by atoms with Crippen LogP contribution in [0.5, 0.6) is 0 Å². The highest BCUT2D eigenvalue weighted by atomic mass is 35.5. The van der Waals surface area contributed by atoms with Gasteiger partial charge in [0.25, 0.3) is 0 Å². The Morgan fingerprint density at radius 3 is 2.76 bits per heavy atom. The van der Waals surface area contributed by atoms with Gasteiger partial charge in [-0.15, -0.1) is 0 Å². The highest BCUT2D eigenvalue weighted by molar-refractivity contribution is 6.32. The minimum Gasteiger partial charge on any atom is -0.292 e. The fraction of sp³-hybridized carbons (Fsp3) is 0.100. The molecule has 0 unspecified atom stereocenters. The van der Waals surface area contributed by atoms with Crippen molar-refractivity contribution in [3.05, 3.63) is 55.9 Å². The van der Waals surface area contributed by atoms with Crippen LogP contribution in [0.25, 0.3) is 0 Å². The maximum Gasteiger partial charge on any atom is 0.347 e. The van der Waals surface area contributed by atoms with E-state index in [2.05, 4.69) is 9.97 Å². The minimum atomic E-state index is -0.424. The SMILES string of the molecule is O=c1ncc(Cl)cn1Cc1nc(Cl)ccc1Cl. The van der Waals surface area contributed by atoms with E-state index in [9.17, 15) is 4.79 Å². The summed E-state index contributed by atoms with van der Waals surface area (Å²) in [6, 6.07) is 3.20. The monoisotopic (exact) mass is 289 g/mol. The van der Waals surface area contributed by atoms with Crippen LogP contribution in [-0.2, 0) is 6.54 Å². The van der Waals surface area contributed by atoms with Crippen molar-refractivity contribution in [2.45, 2.75) is 6.54 Å². The molecule has 2 heterocycles. The molecule has 0 aromatic carbocycles. The molecule has 88 valence electrons. The van der Waals surface area contributed by atoms with Crippen molar-refractivity contribution in [1.29, 1.82) is 0 Å². The van der Waals surface area contributed by atoms with Crippen LogP contribution in [0, 0.1) is 0 Å². The quantitative estimate of drug-likeness (QED) is 0.799. The van der Waals surface area contributed by atoms with Crippen molar-refractivity contribution in [2.24, 2.45) is 0 Å². The largest absolute Gasteiger partial charge is 0.347 e. The second-order valence-electron chi connectivity index (χ2n) is 3.25. The minimum absolute atomic E-state index is 0.172. The Morgan fingerprint density at radius 2 is 2.00 bits per heavy atom. The van der Waals surface area contributed by atoms with Crippen molar-refractivity contribution >= 4 is 34.8 Å². The maximum absolute atomic E-state index is 11.5. The van der Waals surface area contributed by atoms with E-state index < -0.39 is 5.69 Å². The van der Waals surface area contributed by atoms with Crippen molar-refractivity contribution in [1.82, 2.24) is 14.5 Å². The van der Waals surface area contributed by atoms with Crippen LogP contribution in [0.4, 0.5) is 0 Å². The van der Waals surface area contributed by atoms with Gasteiger partial charge in [-0.25, -0.2) is 14.8 Å². The van der Waals surface area contributed by atoms with Gasteiger partial charge >= 0.3 is 5.69 Å². The molecule has 0 fully saturated rings. The van der Waals surface area contributed by atoms with E-state index in [4.69, 9.17) is 34.8 Å². The van der Waals surface area contributed by atoms with Gasteiger partial charge in [-0.1, -0.05) is 34.8 Å². The van der Waals surface area contributed by atoms with Crippen molar-refractivity contribution < 1.29 is 0 Å². The van der Waals surface area contributed by atoms with Crippen LogP contribution in [-0.4, -0.2) is 14.5 Å². The summed E-state index contributed by atoms with van der Waals surface area (Å²) < 4.78 is 1.31. The van der Waals surface area contributed by atoms with Crippen LogP contribution >= 0.6 is 34.8 Å². The molecule has 0 spiro atoms. The molecule has 7 heteroatoms. The number of pyridine rings is 1. The van der Waals surface area contributed by atoms with Gasteiger partial charge in [0.2, 0.25) is 0 Å². The molecule has 2 rings (SSSR count). The topological polar surface area (TPSA) is 47.8 Å². The molecule has 0 aliphatic carbocycles. The Bertz CT molecular complexity index is 612. The van der Waals surface area contributed by atoms with Gasteiger partial charge in [0.1, 0.15) is 5.15 Å². The molecule has 0 aliphatic heterocycles. The molecule has 0 atom stereocenters. The number of aromatic nitrogens is 3. The predicted octanol–water partition coefficient (Wildman–Crippen LogP) is 2.65. The number of hydrogen-bond acceptors (Lipinski definition) is 3. The first-order chi connectivity index (χ1) is 8.06. The van der Waals surface area contributed by atoms with E-state index in [0.29, 0.717) is 20.9 Å². The van der Waals surface area contributed by atoms with Crippen LogP contribution in [0.3, 0.4) is 0 Å². The lowest BCUT2D eigenvalue weighted by Crippen LogP contribution is -2.22. The van der Waals surface area contributed by atoms with Crippen molar-refractivity contribution in [3.8, 4) is 0 Å². The number of halogens is 3. The van der Waals surface area contributed by atoms with Crippen molar-refractivity contribution in [2.75, 3.05) is 0 Å². The molecule has 0 saturated carbocycles. The summed E-state index contributed by atoms with van der Waals surface area (Å²) in [6.45, 7) is 0.172. The summed E-state index contributed by atoms with van der Waals surface area (Å²) in [7, 11) is 0. The molecular weight excluding hydrogens is 284 g/mol. The van der Waals surface area contributed by atoms with Gasteiger partial charge < -0.3 is 0 Å². The first-order valence-electron chi connectivity index (χ1n) is 4.59. The predicted molar refractivity (Wildman–Crippen MR) is 66.9 cm³/mol. The fourth-order valence-corrected chi connectivity index (χ4v) is 1.77. The first-order valence-corrected chi connectivity index (χ1v) is 5.72. The molecular formula is C10H6Cl3N3O. The van der Waals surface area contributed by atoms with Gasteiger partial charge in [-0.2, -0.15) is 0 Å². The molecule has 2 aromatic rings. The van der Waals surface area contributed by atoms with E-state index >= 15 is 0 Å². The Balaban J connectivity index is 2.41. The average molecular weight is 291 g/mol. The molecule has 0 radical (unpaired) electrons. The summed E-state index contributed by atoms with van der Waals surface area (Å²) in [5.74, 6) is 0. The Hall–Kier alpha value is -1.10. The van der Waals surface area contributed by atoms with E-state index in [1.165, 1.54) is 17.0 Å². The van der Waals surface area contributed by atoms with Gasteiger partial charge in [0.15, 0.2) is 0 Å². The summed E-state index contributed by atoms with van der Waals surface area (Å²) in [5.41, 5.74) is 0.0672. The second-order valence-corrected chi connectivity index (χ2v) is 4.48. The second kappa shape index (κ2) is 5.04. The molecule has 4 nitrogen and oxygen atoms in total. The molecule has 17 heavy (non-hydrogen) atoms. The highest BCUT2D eigenvalue weighted by Crippen LogP contribution is 2.17. The summed E-state index contributed by atoms with van der Waals surface area (Å²) in [5, 5.41) is 1.11. The van der Waals surface area contributed by atoms with Crippen molar-refractivity contribution in [3.63, 3.8) is 0 Å². The van der Waals surface area contributed by atoms with Crippen LogP contribution in [0.15, 0.2) is 29.3 Å². The van der Waals surface area contributed by atoms with E-state index in [-0.39, 0.29) is 6.54 Å². The smallest absolute Gasteiger partial charge is 0.292 e. The Morgan fingerprint density at radius 1 is 1.24 bits per heavy atom. The van der Waals surface area contributed by atoms with Gasteiger partial charge in [-0.3, -0.25) is 4.57 Å². The molecule has 0 amide bonds. The van der Waals surface area contributed by atoms with Crippen LogP contribution in [0.2, 0.25) is 15.2 Å². The Kier molecular flexibility index (Phi) is 3.66. The molecule has 2 aromatic heterocycles. The average Bonchev–Trinajstić information content (AvgIpc) is 2.28. The molecule has 0 aliphatic rings. The number of hydrogen-bond donors (Lipinski definition) is 0. The Labute approximate surface area is 112 Å². The lowest BCUT2D eigenvalue weighted by molar-refractivity contribution is 0.711. The van der Waals surface area contributed by atoms with E-state index in [1.807, 2.05) is 0 Å². The zero-order valence-corrected chi connectivity index (χ0v) is 10.7. The lowest BCUT2D eigenvalue weighted by atomic mass is 10.3. The van der Waals surface area contributed by atoms with E-state index in [1.54, 1.807) is 12.1 Å². The number of nitrogens with zero attached hydrogens (tertiary/aromatic N) is 3. The summed E-state index contributed by atoms with van der Waals surface area (Å²) in [6.07, 6.45) is 2.75.